The molecule has 1 aromatic rings. The predicted molar refractivity (Wildman–Crippen MR) is 57.2 cm³/mol. The summed E-state index contributed by atoms with van der Waals surface area (Å²) in [5.74, 6) is -0.0772. The molecular formula is C13H13F3. The summed E-state index contributed by atoms with van der Waals surface area (Å²) in [5, 5.41) is 0. The highest BCUT2D eigenvalue weighted by atomic mass is 19.4. The van der Waals surface area contributed by atoms with Crippen molar-refractivity contribution in [3.8, 4) is 0 Å². The van der Waals surface area contributed by atoms with Crippen LogP contribution in [0.1, 0.15) is 36.3 Å². The van der Waals surface area contributed by atoms with Crippen molar-refractivity contribution < 1.29 is 13.2 Å². The van der Waals surface area contributed by atoms with Crippen molar-refractivity contribution in [2.45, 2.75) is 31.4 Å². The number of allylic oxidation sites excluding steroid dienone is 2. The van der Waals surface area contributed by atoms with Gasteiger partial charge in [-0.05, 0) is 30.9 Å². The van der Waals surface area contributed by atoms with Crippen molar-refractivity contribution in [1.82, 2.24) is 0 Å². The third kappa shape index (κ3) is 2.29. The minimum atomic E-state index is -4.25. The number of halogens is 3. The van der Waals surface area contributed by atoms with Gasteiger partial charge in [0.15, 0.2) is 0 Å². The smallest absolute Gasteiger partial charge is 0.166 e. The van der Waals surface area contributed by atoms with Crippen LogP contribution in [0.25, 0.3) is 0 Å². The SMILES string of the molecule is FC(F)(F)c1ccccc1C1C=CCCC1. The van der Waals surface area contributed by atoms with Gasteiger partial charge in [-0.3, -0.25) is 0 Å². The number of rotatable bonds is 1. The summed E-state index contributed by atoms with van der Waals surface area (Å²) in [5.41, 5.74) is -0.0856. The molecule has 1 aromatic carbocycles. The Kier molecular flexibility index (Phi) is 3.03. The van der Waals surface area contributed by atoms with E-state index in [0.29, 0.717) is 5.56 Å². The number of benzene rings is 1. The van der Waals surface area contributed by atoms with Crippen molar-refractivity contribution in [1.29, 1.82) is 0 Å². The molecule has 0 N–H and O–H groups in total. The molecule has 0 fully saturated rings. The van der Waals surface area contributed by atoms with Gasteiger partial charge in [-0.15, -0.1) is 0 Å². The Balaban J connectivity index is 2.40. The first kappa shape index (κ1) is 11.2. The molecule has 2 rings (SSSR count). The van der Waals surface area contributed by atoms with Crippen LogP contribution in [0.15, 0.2) is 36.4 Å². The fraction of sp³-hybridized carbons (Fsp3) is 0.385. The largest absolute Gasteiger partial charge is 0.416 e. The fourth-order valence-corrected chi connectivity index (χ4v) is 2.15. The molecule has 0 heterocycles. The molecule has 0 saturated carbocycles. The maximum absolute atomic E-state index is 12.8. The highest BCUT2D eigenvalue weighted by Gasteiger charge is 2.34. The minimum absolute atomic E-state index is 0.0772. The number of alkyl halides is 3. The van der Waals surface area contributed by atoms with E-state index in [1.807, 2.05) is 12.2 Å². The normalized spacial score (nSPS) is 21.1. The molecule has 1 aliphatic carbocycles. The van der Waals surface area contributed by atoms with Gasteiger partial charge in [0.05, 0.1) is 5.56 Å². The van der Waals surface area contributed by atoms with E-state index in [1.54, 1.807) is 12.1 Å². The zero-order chi connectivity index (χ0) is 11.6. The molecule has 0 aromatic heterocycles. The van der Waals surface area contributed by atoms with Crippen LogP contribution in [-0.2, 0) is 6.18 Å². The number of hydrogen-bond acceptors (Lipinski definition) is 0. The van der Waals surface area contributed by atoms with Crippen LogP contribution in [0.5, 0.6) is 0 Å². The Morgan fingerprint density at radius 1 is 1.12 bits per heavy atom. The zero-order valence-corrected chi connectivity index (χ0v) is 8.80. The number of hydrogen-bond donors (Lipinski definition) is 0. The maximum atomic E-state index is 12.8. The zero-order valence-electron chi connectivity index (χ0n) is 8.80. The molecule has 0 saturated heterocycles. The summed E-state index contributed by atoms with van der Waals surface area (Å²) in [6.45, 7) is 0. The van der Waals surface area contributed by atoms with Crippen molar-refractivity contribution in [3.05, 3.63) is 47.5 Å². The summed E-state index contributed by atoms with van der Waals surface area (Å²) in [6.07, 6.45) is 2.37. The van der Waals surface area contributed by atoms with Crippen LogP contribution in [0.2, 0.25) is 0 Å². The van der Waals surface area contributed by atoms with Gasteiger partial charge in [0.2, 0.25) is 0 Å². The van der Waals surface area contributed by atoms with Crippen LogP contribution in [-0.4, -0.2) is 0 Å². The fourth-order valence-electron chi connectivity index (χ4n) is 2.15. The van der Waals surface area contributed by atoms with Gasteiger partial charge in [0, 0.05) is 5.92 Å². The first-order chi connectivity index (χ1) is 7.59. The molecule has 86 valence electrons. The first-order valence-corrected chi connectivity index (χ1v) is 5.42. The van der Waals surface area contributed by atoms with E-state index in [1.165, 1.54) is 6.07 Å². The van der Waals surface area contributed by atoms with E-state index >= 15 is 0 Å². The molecule has 0 radical (unpaired) electrons. The Morgan fingerprint density at radius 2 is 1.88 bits per heavy atom. The van der Waals surface area contributed by atoms with Gasteiger partial charge in [0.1, 0.15) is 0 Å². The lowest BCUT2D eigenvalue weighted by atomic mass is 9.86. The van der Waals surface area contributed by atoms with Crippen molar-refractivity contribution >= 4 is 0 Å². The van der Waals surface area contributed by atoms with Crippen molar-refractivity contribution in [2.75, 3.05) is 0 Å². The van der Waals surface area contributed by atoms with Gasteiger partial charge < -0.3 is 0 Å². The Labute approximate surface area is 92.8 Å². The molecular weight excluding hydrogens is 213 g/mol. The second kappa shape index (κ2) is 4.32. The molecule has 1 aliphatic rings. The van der Waals surface area contributed by atoms with Crippen molar-refractivity contribution in [2.24, 2.45) is 0 Å². The molecule has 0 bridgehead atoms. The molecule has 3 heteroatoms. The monoisotopic (exact) mass is 226 g/mol. The summed E-state index contributed by atoms with van der Waals surface area (Å²) in [6, 6.07) is 5.87. The van der Waals surface area contributed by atoms with E-state index in [-0.39, 0.29) is 5.92 Å². The molecule has 0 nitrogen and oxygen atoms in total. The molecule has 0 amide bonds. The summed E-state index contributed by atoms with van der Waals surface area (Å²) >= 11 is 0. The quantitative estimate of drug-likeness (QED) is 0.617. The van der Waals surface area contributed by atoms with E-state index in [9.17, 15) is 13.2 Å². The molecule has 0 aliphatic heterocycles. The molecule has 1 atom stereocenters. The summed E-state index contributed by atoms with van der Waals surface area (Å²) in [4.78, 5) is 0. The van der Waals surface area contributed by atoms with Crippen molar-refractivity contribution in [3.63, 3.8) is 0 Å². The first-order valence-electron chi connectivity index (χ1n) is 5.42. The van der Waals surface area contributed by atoms with Crippen LogP contribution >= 0.6 is 0 Å². The Hall–Kier alpha value is -1.25. The van der Waals surface area contributed by atoms with E-state index in [0.717, 1.165) is 25.3 Å². The Bertz CT molecular complexity index is 390. The highest BCUT2D eigenvalue weighted by Crippen LogP contribution is 2.38. The van der Waals surface area contributed by atoms with E-state index in [4.69, 9.17) is 0 Å². The predicted octanol–water partition coefficient (Wildman–Crippen LogP) is 4.53. The average Bonchev–Trinajstić information content (AvgIpc) is 2.29. The lowest BCUT2D eigenvalue weighted by molar-refractivity contribution is -0.138. The molecule has 1 unspecified atom stereocenters. The second-order valence-corrected chi connectivity index (χ2v) is 4.05. The van der Waals surface area contributed by atoms with Gasteiger partial charge in [-0.2, -0.15) is 13.2 Å². The standard InChI is InChI=1S/C13H13F3/c14-13(15,16)12-9-5-4-8-11(12)10-6-2-1-3-7-10/h2,4-6,8-10H,1,3,7H2. The Morgan fingerprint density at radius 3 is 2.50 bits per heavy atom. The minimum Gasteiger partial charge on any atom is -0.166 e. The van der Waals surface area contributed by atoms with Gasteiger partial charge in [-0.25, -0.2) is 0 Å². The van der Waals surface area contributed by atoms with Crippen LogP contribution in [0, 0.1) is 0 Å². The van der Waals surface area contributed by atoms with Crippen LogP contribution < -0.4 is 0 Å². The topological polar surface area (TPSA) is 0 Å². The average molecular weight is 226 g/mol. The highest BCUT2D eigenvalue weighted by molar-refractivity contribution is 5.35. The molecule has 0 spiro atoms. The van der Waals surface area contributed by atoms with Gasteiger partial charge >= 0.3 is 6.18 Å². The third-order valence-electron chi connectivity index (χ3n) is 2.92. The third-order valence-corrected chi connectivity index (χ3v) is 2.92. The van der Waals surface area contributed by atoms with E-state index < -0.39 is 11.7 Å². The van der Waals surface area contributed by atoms with E-state index in [2.05, 4.69) is 0 Å². The molecule has 16 heavy (non-hydrogen) atoms. The van der Waals surface area contributed by atoms with Crippen LogP contribution in [0.4, 0.5) is 13.2 Å². The van der Waals surface area contributed by atoms with Crippen LogP contribution in [0.3, 0.4) is 0 Å². The van der Waals surface area contributed by atoms with Gasteiger partial charge in [0.25, 0.3) is 0 Å². The summed E-state index contributed by atoms with van der Waals surface area (Å²) < 4.78 is 38.3. The second-order valence-electron chi connectivity index (χ2n) is 4.05. The lowest BCUT2D eigenvalue weighted by Gasteiger charge is -2.21. The van der Waals surface area contributed by atoms with Gasteiger partial charge in [-0.1, -0.05) is 30.4 Å². The lowest BCUT2D eigenvalue weighted by Crippen LogP contribution is -2.12. The summed E-state index contributed by atoms with van der Waals surface area (Å²) in [7, 11) is 0. The maximum Gasteiger partial charge on any atom is 0.416 e.